The van der Waals surface area contributed by atoms with Crippen LogP contribution in [0.3, 0.4) is 0 Å². The highest BCUT2D eigenvalue weighted by Crippen LogP contribution is 2.36. The van der Waals surface area contributed by atoms with Crippen LogP contribution in [-0.2, 0) is 0 Å². The second-order valence-corrected chi connectivity index (χ2v) is 8.54. The molecule has 1 aromatic carbocycles. The van der Waals surface area contributed by atoms with E-state index in [0.29, 0.717) is 27.3 Å². The zero-order valence-corrected chi connectivity index (χ0v) is 19.2. The summed E-state index contributed by atoms with van der Waals surface area (Å²) in [7, 11) is 0. The van der Waals surface area contributed by atoms with E-state index in [9.17, 15) is 13.6 Å². The number of piperidine rings is 1. The van der Waals surface area contributed by atoms with Crippen LogP contribution < -0.4 is 5.32 Å². The molecule has 0 radical (unpaired) electrons. The van der Waals surface area contributed by atoms with E-state index in [1.165, 1.54) is 23.4 Å². The molecule has 0 spiro atoms. The van der Waals surface area contributed by atoms with Crippen LogP contribution in [-0.4, -0.2) is 52.0 Å². The first-order valence-corrected chi connectivity index (χ1v) is 10.7. The highest BCUT2D eigenvalue weighted by Gasteiger charge is 2.46. The van der Waals surface area contributed by atoms with E-state index in [0.717, 1.165) is 0 Å². The molecule has 1 aromatic heterocycles. The quantitative estimate of drug-likeness (QED) is 0.557. The Morgan fingerprint density at radius 1 is 1.31 bits per heavy atom. The molecule has 3 rings (SSSR count). The lowest BCUT2D eigenvalue weighted by atomic mass is 9.87. The van der Waals surface area contributed by atoms with Crippen LogP contribution in [0.2, 0.25) is 10.0 Å². The molecule has 0 saturated carbocycles. The monoisotopic (exact) mass is 481 g/mol. The predicted octanol–water partition coefficient (Wildman–Crippen LogP) is 5.44. The first kappa shape index (κ1) is 24.1. The number of hydrogen-bond acceptors (Lipinski definition) is 5. The van der Waals surface area contributed by atoms with Crippen molar-refractivity contribution in [1.82, 2.24) is 14.9 Å². The Morgan fingerprint density at radius 3 is 2.66 bits per heavy atom. The van der Waals surface area contributed by atoms with Gasteiger partial charge >= 0.3 is 0 Å². The Balaban J connectivity index is 1.94. The van der Waals surface area contributed by atoms with Crippen molar-refractivity contribution < 1.29 is 13.6 Å². The Labute approximate surface area is 195 Å². The fraction of sp³-hybridized carbons (Fsp3) is 0.364. The Hall–Kier alpha value is -2.58. The number of carbonyl (C=O) groups excluding carboxylic acids is 1. The molecule has 32 heavy (non-hydrogen) atoms. The van der Waals surface area contributed by atoms with Gasteiger partial charge in [0.2, 0.25) is 5.95 Å². The molecule has 2 heterocycles. The van der Waals surface area contributed by atoms with E-state index >= 15 is 0 Å². The van der Waals surface area contributed by atoms with E-state index in [2.05, 4.69) is 26.9 Å². The topological polar surface area (TPSA) is 70.5 Å². The molecular formula is C22H23Cl2F2N5O. The summed E-state index contributed by atoms with van der Waals surface area (Å²) in [6, 6.07) is 4.15. The summed E-state index contributed by atoms with van der Waals surface area (Å²) < 4.78 is 29.0. The second-order valence-electron chi connectivity index (χ2n) is 7.67. The number of rotatable bonds is 6. The SMILES string of the molecule is C=C(N=CC)c1ccc(Cl)cc1C(=O)N1CC(F)(F)C[C@@H](C)C1CNc1ncc(Cl)cn1. The number of hydrogen-bond donors (Lipinski definition) is 1. The predicted molar refractivity (Wildman–Crippen MR) is 124 cm³/mol. The smallest absolute Gasteiger partial charge is 0.265 e. The number of anilines is 1. The first-order valence-electron chi connectivity index (χ1n) is 9.99. The van der Waals surface area contributed by atoms with E-state index in [4.69, 9.17) is 23.2 Å². The van der Waals surface area contributed by atoms with Crippen molar-refractivity contribution in [2.24, 2.45) is 10.9 Å². The van der Waals surface area contributed by atoms with Crippen molar-refractivity contribution in [3.63, 3.8) is 0 Å². The van der Waals surface area contributed by atoms with Gasteiger partial charge in [0.1, 0.15) is 0 Å². The molecule has 2 atom stereocenters. The van der Waals surface area contributed by atoms with Crippen molar-refractivity contribution in [3.05, 3.63) is 58.3 Å². The lowest BCUT2D eigenvalue weighted by Gasteiger charge is -2.43. The average Bonchev–Trinajstić information content (AvgIpc) is 2.73. The number of nitrogens with zero attached hydrogens (tertiary/aromatic N) is 4. The number of amides is 1. The minimum atomic E-state index is -3.01. The maximum Gasteiger partial charge on any atom is 0.265 e. The van der Waals surface area contributed by atoms with Gasteiger partial charge in [0.25, 0.3) is 11.8 Å². The van der Waals surface area contributed by atoms with Crippen LogP contribution in [0.15, 0.2) is 42.2 Å². The fourth-order valence-electron chi connectivity index (χ4n) is 3.80. The van der Waals surface area contributed by atoms with Crippen LogP contribution >= 0.6 is 23.2 Å². The molecule has 2 aromatic rings. The minimum absolute atomic E-state index is 0.172. The highest BCUT2D eigenvalue weighted by molar-refractivity contribution is 6.31. The van der Waals surface area contributed by atoms with Gasteiger partial charge in [-0.1, -0.05) is 42.8 Å². The standard InChI is InChI=1S/C22H23Cl2F2N5O/c1-4-27-14(3)17-6-5-15(23)7-18(17)20(32)31-12-22(25,26)8-13(2)19(31)11-30-21-28-9-16(24)10-29-21/h4-7,9-10,13,19H,3,8,11-12H2,1-2H3,(H,28,29,30)/t13-,19?/m1/s1. The molecular weight excluding hydrogens is 459 g/mol. The molecule has 1 unspecified atom stereocenters. The second kappa shape index (κ2) is 9.92. The Bertz CT molecular complexity index is 1030. The molecule has 6 nitrogen and oxygen atoms in total. The van der Waals surface area contributed by atoms with Gasteiger partial charge < -0.3 is 10.2 Å². The number of aliphatic imine (C=N–C) groups is 1. The fourth-order valence-corrected chi connectivity index (χ4v) is 4.07. The summed E-state index contributed by atoms with van der Waals surface area (Å²) in [5.41, 5.74) is 0.950. The van der Waals surface area contributed by atoms with Crippen molar-refractivity contribution in [1.29, 1.82) is 0 Å². The number of halogens is 4. The van der Waals surface area contributed by atoms with Gasteiger partial charge in [0, 0.05) is 29.8 Å². The molecule has 1 aliphatic heterocycles. The van der Waals surface area contributed by atoms with Crippen LogP contribution in [0.4, 0.5) is 14.7 Å². The van der Waals surface area contributed by atoms with Crippen LogP contribution in [0.1, 0.15) is 36.2 Å². The number of likely N-dealkylation sites (tertiary alicyclic amines) is 1. The Morgan fingerprint density at radius 2 is 2.00 bits per heavy atom. The van der Waals surface area contributed by atoms with Crippen LogP contribution in [0.25, 0.3) is 5.70 Å². The molecule has 10 heteroatoms. The van der Waals surface area contributed by atoms with Gasteiger partial charge in [-0.05, 0) is 25.0 Å². The zero-order valence-electron chi connectivity index (χ0n) is 17.7. The summed E-state index contributed by atoms with van der Waals surface area (Å²) in [6.45, 7) is 6.77. The molecule has 1 aliphatic rings. The van der Waals surface area contributed by atoms with E-state index in [1.807, 2.05) is 0 Å². The van der Waals surface area contributed by atoms with E-state index < -0.39 is 30.3 Å². The lowest BCUT2D eigenvalue weighted by Crippen LogP contribution is -2.57. The molecule has 1 N–H and O–H groups in total. The summed E-state index contributed by atoms with van der Waals surface area (Å²) in [5, 5.41) is 3.71. The summed E-state index contributed by atoms with van der Waals surface area (Å²) in [4.78, 5) is 27.0. The Kier molecular flexibility index (Phi) is 7.46. The van der Waals surface area contributed by atoms with Crippen molar-refractivity contribution >= 4 is 47.0 Å². The summed E-state index contributed by atoms with van der Waals surface area (Å²) >= 11 is 11.9. The van der Waals surface area contributed by atoms with Gasteiger partial charge in [-0.3, -0.25) is 9.79 Å². The van der Waals surface area contributed by atoms with Gasteiger partial charge in [0.15, 0.2) is 0 Å². The minimum Gasteiger partial charge on any atom is -0.352 e. The van der Waals surface area contributed by atoms with Crippen LogP contribution in [0, 0.1) is 5.92 Å². The highest BCUT2D eigenvalue weighted by atomic mass is 35.5. The van der Waals surface area contributed by atoms with E-state index in [1.54, 1.807) is 32.2 Å². The van der Waals surface area contributed by atoms with Gasteiger partial charge in [-0.15, -0.1) is 0 Å². The van der Waals surface area contributed by atoms with Gasteiger partial charge in [-0.25, -0.2) is 18.7 Å². The van der Waals surface area contributed by atoms with Gasteiger partial charge in [-0.2, -0.15) is 0 Å². The number of alkyl halides is 2. The van der Waals surface area contributed by atoms with Crippen molar-refractivity contribution in [2.45, 2.75) is 32.2 Å². The zero-order chi connectivity index (χ0) is 23.5. The lowest BCUT2D eigenvalue weighted by molar-refractivity contribution is -0.0897. The van der Waals surface area contributed by atoms with Crippen molar-refractivity contribution in [2.75, 3.05) is 18.4 Å². The number of carbonyl (C=O) groups is 1. The van der Waals surface area contributed by atoms with Crippen LogP contribution in [0.5, 0.6) is 0 Å². The maximum absolute atomic E-state index is 14.5. The summed E-state index contributed by atoms with van der Waals surface area (Å²) in [6.07, 6.45) is 4.06. The largest absolute Gasteiger partial charge is 0.352 e. The van der Waals surface area contributed by atoms with E-state index in [-0.39, 0.29) is 18.5 Å². The number of nitrogens with one attached hydrogen (secondary N) is 1. The first-order chi connectivity index (χ1) is 15.1. The molecule has 0 aliphatic carbocycles. The summed E-state index contributed by atoms with van der Waals surface area (Å²) in [5.74, 6) is -3.77. The number of aromatic nitrogens is 2. The third-order valence-electron chi connectivity index (χ3n) is 5.24. The molecule has 1 saturated heterocycles. The maximum atomic E-state index is 14.5. The van der Waals surface area contributed by atoms with Gasteiger partial charge in [0.05, 0.1) is 41.3 Å². The molecule has 0 bridgehead atoms. The molecule has 1 amide bonds. The third-order valence-corrected chi connectivity index (χ3v) is 5.67. The number of benzene rings is 1. The normalized spacial score (nSPS) is 20.4. The molecule has 170 valence electrons. The third kappa shape index (κ3) is 5.61. The van der Waals surface area contributed by atoms with Crippen molar-refractivity contribution in [3.8, 4) is 0 Å². The average molecular weight is 482 g/mol. The molecule has 1 fully saturated rings.